The number of H-pyrrole nitrogens is 1. The Morgan fingerprint density at radius 1 is 0.839 bits per heavy atom. The summed E-state index contributed by atoms with van der Waals surface area (Å²) in [6.07, 6.45) is 1.57. The number of imidazole rings is 1. The van der Waals surface area contributed by atoms with Crippen LogP contribution in [0.25, 0.3) is 39.3 Å². The number of ketones is 2. The second kappa shape index (κ2) is 6.37. The van der Waals surface area contributed by atoms with Crippen molar-refractivity contribution in [3.05, 3.63) is 95.3 Å². The molecule has 148 valence electrons. The van der Waals surface area contributed by atoms with Crippen LogP contribution in [0.15, 0.2) is 78.4 Å². The van der Waals surface area contributed by atoms with Crippen LogP contribution in [-0.2, 0) is 7.05 Å². The van der Waals surface area contributed by atoms with Crippen LogP contribution >= 0.6 is 0 Å². The van der Waals surface area contributed by atoms with Gasteiger partial charge in [-0.25, -0.2) is 4.98 Å². The van der Waals surface area contributed by atoms with Crippen molar-refractivity contribution in [2.45, 2.75) is 0 Å². The van der Waals surface area contributed by atoms with Gasteiger partial charge < -0.3 is 9.55 Å². The number of nitrogens with zero attached hydrogens (tertiary/aromatic N) is 2. The van der Waals surface area contributed by atoms with Crippen LogP contribution in [0.4, 0.5) is 0 Å². The maximum absolute atomic E-state index is 13.0. The number of carbonyl (C=O) groups excluding carboxylic acids is 2. The van der Waals surface area contributed by atoms with Crippen molar-refractivity contribution < 1.29 is 9.59 Å². The van der Waals surface area contributed by atoms with Crippen molar-refractivity contribution in [3.63, 3.8) is 0 Å². The van der Waals surface area contributed by atoms with E-state index in [4.69, 9.17) is 0 Å². The van der Waals surface area contributed by atoms with Gasteiger partial charge in [0, 0.05) is 18.2 Å². The summed E-state index contributed by atoms with van der Waals surface area (Å²) in [6, 6.07) is 23.4. The van der Waals surface area contributed by atoms with E-state index in [1.807, 2.05) is 72.3 Å². The molecule has 1 N–H and O–H groups in total. The smallest absolute Gasteiger partial charge is 0.197 e. The summed E-state index contributed by atoms with van der Waals surface area (Å²) in [5.74, 6) is -0.0124. The highest BCUT2D eigenvalue weighted by Gasteiger charge is 2.33. The summed E-state index contributed by atoms with van der Waals surface area (Å²) in [5.41, 5.74) is 4.82. The zero-order valence-electron chi connectivity index (χ0n) is 16.7. The fourth-order valence-electron chi connectivity index (χ4n) is 4.33. The Hall–Kier alpha value is -4.25. The molecule has 2 heterocycles. The average molecular weight is 403 g/mol. The first-order valence-corrected chi connectivity index (χ1v) is 10.0. The number of hydrogen-bond donors (Lipinski definition) is 1. The fraction of sp³-hybridized carbons (Fsp3) is 0.0385. The Bertz CT molecular complexity index is 1510. The second-order valence-electron chi connectivity index (χ2n) is 7.78. The average Bonchev–Trinajstić information content (AvgIpc) is 3.41. The van der Waals surface area contributed by atoms with Gasteiger partial charge in [-0.3, -0.25) is 9.59 Å². The minimum Gasteiger partial charge on any atom is -0.337 e. The predicted molar refractivity (Wildman–Crippen MR) is 121 cm³/mol. The van der Waals surface area contributed by atoms with E-state index in [1.165, 1.54) is 0 Å². The lowest BCUT2D eigenvalue weighted by molar-refractivity contribution is 0.0990. The number of nitrogens with one attached hydrogen (secondary N) is 1. The van der Waals surface area contributed by atoms with E-state index >= 15 is 0 Å². The monoisotopic (exact) mass is 403 g/mol. The van der Waals surface area contributed by atoms with Crippen molar-refractivity contribution >= 4 is 39.6 Å². The highest BCUT2D eigenvalue weighted by molar-refractivity contribution is 6.42. The van der Waals surface area contributed by atoms with Crippen LogP contribution in [0.5, 0.6) is 0 Å². The molecule has 0 amide bonds. The van der Waals surface area contributed by atoms with Crippen molar-refractivity contribution in [1.29, 1.82) is 0 Å². The SMILES string of the molecule is Cn1c(-c2ccccc2)cc2[nH]c(C=C3C(=O)c4cc5ccccc5cc4C3=O)nc21. The zero-order chi connectivity index (χ0) is 21.1. The Balaban J connectivity index is 1.42. The van der Waals surface area contributed by atoms with E-state index in [0.29, 0.717) is 17.0 Å². The number of allylic oxidation sites excluding steroid dienone is 1. The van der Waals surface area contributed by atoms with Gasteiger partial charge in [0.25, 0.3) is 0 Å². The molecule has 1 aliphatic rings. The number of hydrogen-bond acceptors (Lipinski definition) is 3. The molecule has 0 saturated carbocycles. The normalized spacial score (nSPS) is 13.4. The number of Topliss-reactive ketones (excluding diaryl/α,β-unsaturated/α-hetero) is 2. The molecule has 3 aromatic carbocycles. The molecule has 0 aliphatic heterocycles. The first-order chi connectivity index (χ1) is 15.1. The molecule has 1 aliphatic carbocycles. The number of fused-ring (bicyclic) bond motifs is 3. The number of benzene rings is 3. The lowest BCUT2D eigenvalue weighted by atomic mass is 10.0. The lowest BCUT2D eigenvalue weighted by Gasteiger charge is -2.02. The minimum atomic E-state index is -0.254. The summed E-state index contributed by atoms with van der Waals surface area (Å²) < 4.78 is 2.00. The third-order valence-electron chi connectivity index (χ3n) is 5.91. The number of carbonyl (C=O) groups is 2. The summed E-state index contributed by atoms with van der Waals surface area (Å²) >= 11 is 0. The van der Waals surface area contributed by atoms with Gasteiger partial charge >= 0.3 is 0 Å². The molecular weight excluding hydrogens is 386 g/mol. The maximum Gasteiger partial charge on any atom is 0.197 e. The zero-order valence-corrected chi connectivity index (χ0v) is 16.7. The van der Waals surface area contributed by atoms with E-state index < -0.39 is 0 Å². The number of rotatable bonds is 2. The van der Waals surface area contributed by atoms with Crippen LogP contribution in [0.3, 0.4) is 0 Å². The van der Waals surface area contributed by atoms with Crippen molar-refractivity contribution in [1.82, 2.24) is 14.5 Å². The molecule has 0 atom stereocenters. The molecule has 0 saturated heterocycles. The lowest BCUT2D eigenvalue weighted by Crippen LogP contribution is -2.00. The molecule has 6 rings (SSSR count). The van der Waals surface area contributed by atoms with Crippen LogP contribution in [0, 0.1) is 0 Å². The Labute approximate surface area is 177 Å². The second-order valence-corrected chi connectivity index (χ2v) is 7.78. The van der Waals surface area contributed by atoms with Gasteiger partial charge in [-0.2, -0.15) is 0 Å². The number of aryl methyl sites for hydroxylation is 1. The fourth-order valence-corrected chi connectivity index (χ4v) is 4.33. The van der Waals surface area contributed by atoms with Crippen LogP contribution in [0.2, 0.25) is 0 Å². The van der Waals surface area contributed by atoms with E-state index in [0.717, 1.165) is 33.2 Å². The van der Waals surface area contributed by atoms with E-state index in [9.17, 15) is 9.59 Å². The molecule has 0 bridgehead atoms. The molecule has 0 spiro atoms. The molecule has 2 aromatic heterocycles. The summed E-state index contributed by atoms with van der Waals surface area (Å²) in [4.78, 5) is 33.8. The molecular formula is C26H17N3O2. The van der Waals surface area contributed by atoms with Gasteiger partial charge in [-0.05, 0) is 40.6 Å². The van der Waals surface area contributed by atoms with E-state index in [1.54, 1.807) is 18.2 Å². The van der Waals surface area contributed by atoms with Crippen LogP contribution in [0.1, 0.15) is 26.5 Å². The van der Waals surface area contributed by atoms with Gasteiger partial charge in [-0.1, -0.05) is 54.6 Å². The molecule has 31 heavy (non-hydrogen) atoms. The Morgan fingerprint density at radius 3 is 2.06 bits per heavy atom. The first kappa shape index (κ1) is 17.6. The van der Waals surface area contributed by atoms with Crippen molar-refractivity contribution in [3.8, 4) is 11.3 Å². The third-order valence-corrected chi connectivity index (χ3v) is 5.91. The first-order valence-electron chi connectivity index (χ1n) is 10.0. The molecule has 5 aromatic rings. The van der Waals surface area contributed by atoms with Crippen molar-refractivity contribution in [2.24, 2.45) is 7.05 Å². The Morgan fingerprint density at radius 2 is 1.45 bits per heavy atom. The van der Waals surface area contributed by atoms with Crippen molar-refractivity contribution in [2.75, 3.05) is 0 Å². The van der Waals surface area contributed by atoms with Crippen LogP contribution < -0.4 is 0 Å². The van der Waals surface area contributed by atoms with Crippen LogP contribution in [-0.4, -0.2) is 26.1 Å². The predicted octanol–water partition coefficient (Wildman–Crippen LogP) is 5.18. The Kier molecular flexibility index (Phi) is 3.62. The summed E-state index contributed by atoms with van der Waals surface area (Å²) in [7, 11) is 1.95. The largest absolute Gasteiger partial charge is 0.337 e. The molecule has 5 heteroatoms. The standard InChI is InChI=1S/C26H17N3O2/c1-29-22(15-7-3-2-4-8-15)14-21-26(29)28-23(27-21)13-20-24(30)18-11-16-9-5-6-10-17(16)12-19(18)25(20)31/h2-14H,1H3,(H,27,28). The van der Waals surface area contributed by atoms with E-state index in [-0.39, 0.29) is 17.1 Å². The summed E-state index contributed by atoms with van der Waals surface area (Å²) in [6.45, 7) is 0. The van der Waals surface area contributed by atoms with Gasteiger partial charge in [-0.15, -0.1) is 0 Å². The highest BCUT2D eigenvalue weighted by Crippen LogP contribution is 2.32. The van der Waals surface area contributed by atoms with Gasteiger partial charge in [0.2, 0.25) is 0 Å². The summed E-state index contributed by atoms with van der Waals surface area (Å²) in [5, 5.41) is 1.89. The third kappa shape index (κ3) is 2.60. The molecule has 0 radical (unpaired) electrons. The van der Waals surface area contributed by atoms with Gasteiger partial charge in [0.15, 0.2) is 17.2 Å². The quantitative estimate of drug-likeness (QED) is 0.326. The van der Waals surface area contributed by atoms with Gasteiger partial charge in [0.05, 0.1) is 16.8 Å². The number of aromatic amines is 1. The maximum atomic E-state index is 13.0. The minimum absolute atomic E-state index is 0.146. The number of aromatic nitrogens is 3. The topological polar surface area (TPSA) is 67.8 Å². The highest BCUT2D eigenvalue weighted by atomic mass is 16.2. The van der Waals surface area contributed by atoms with E-state index in [2.05, 4.69) is 9.97 Å². The molecule has 5 nitrogen and oxygen atoms in total. The molecule has 0 unspecified atom stereocenters. The molecule has 0 fully saturated rings. The van der Waals surface area contributed by atoms with Gasteiger partial charge in [0.1, 0.15) is 5.82 Å².